The van der Waals surface area contributed by atoms with Crippen molar-refractivity contribution < 1.29 is 13.2 Å². The van der Waals surface area contributed by atoms with E-state index in [2.05, 4.69) is 0 Å². The highest BCUT2D eigenvalue weighted by atomic mass is 35.5. The normalized spacial score (nSPS) is 28.6. The van der Waals surface area contributed by atoms with Crippen molar-refractivity contribution in [3.05, 3.63) is 0 Å². The first-order valence-corrected chi connectivity index (χ1v) is 7.96. The average Bonchev–Trinajstić information content (AvgIpc) is 2.80. The highest BCUT2D eigenvalue weighted by Gasteiger charge is 2.35. The Hall–Kier alpha value is 0.120. The summed E-state index contributed by atoms with van der Waals surface area (Å²) in [7, 11) is -3.27. The number of halogens is 1. The number of nitrogens with zero attached hydrogens (tertiary/aromatic N) is 2. The van der Waals surface area contributed by atoms with Gasteiger partial charge in [0, 0.05) is 32.1 Å². The summed E-state index contributed by atoms with van der Waals surface area (Å²) in [4.78, 5) is 0. The van der Waals surface area contributed by atoms with Gasteiger partial charge in [0.2, 0.25) is 0 Å². The first-order valence-electron chi connectivity index (χ1n) is 6.03. The molecule has 2 aliphatic heterocycles. The summed E-state index contributed by atoms with van der Waals surface area (Å²) < 4.78 is 32.9. The molecule has 7 heteroatoms. The monoisotopic (exact) mass is 282 g/mol. The van der Waals surface area contributed by atoms with Crippen molar-refractivity contribution in [2.45, 2.75) is 12.8 Å². The van der Waals surface area contributed by atoms with E-state index < -0.39 is 10.2 Å². The number of alkyl halides is 1. The van der Waals surface area contributed by atoms with Crippen molar-refractivity contribution in [2.24, 2.45) is 5.92 Å². The van der Waals surface area contributed by atoms with E-state index in [4.69, 9.17) is 16.3 Å². The van der Waals surface area contributed by atoms with Gasteiger partial charge >= 0.3 is 0 Å². The Labute approximate surface area is 108 Å². The lowest BCUT2D eigenvalue weighted by molar-refractivity contribution is 0.0705. The van der Waals surface area contributed by atoms with Crippen molar-refractivity contribution in [1.82, 2.24) is 8.61 Å². The van der Waals surface area contributed by atoms with Crippen LogP contribution in [-0.2, 0) is 14.9 Å². The highest BCUT2D eigenvalue weighted by molar-refractivity contribution is 7.86. The molecule has 0 aromatic heterocycles. The van der Waals surface area contributed by atoms with Gasteiger partial charge in [0.1, 0.15) is 0 Å². The molecule has 2 fully saturated rings. The minimum absolute atomic E-state index is 0.420. The van der Waals surface area contributed by atoms with E-state index in [9.17, 15) is 8.42 Å². The number of hydrogen-bond donors (Lipinski definition) is 0. The van der Waals surface area contributed by atoms with Gasteiger partial charge < -0.3 is 4.74 Å². The van der Waals surface area contributed by atoms with Crippen molar-refractivity contribution in [3.8, 4) is 0 Å². The third-order valence-corrected chi connectivity index (χ3v) is 5.61. The number of rotatable bonds is 4. The highest BCUT2D eigenvalue weighted by Crippen LogP contribution is 2.24. The maximum Gasteiger partial charge on any atom is 0.282 e. The van der Waals surface area contributed by atoms with Crippen LogP contribution in [0.25, 0.3) is 0 Å². The molecular formula is C10H19ClN2O3S. The van der Waals surface area contributed by atoms with Gasteiger partial charge in [-0.25, -0.2) is 0 Å². The largest absolute Gasteiger partial charge is 0.379 e. The van der Waals surface area contributed by atoms with E-state index in [0.29, 0.717) is 51.2 Å². The molecule has 2 saturated heterocycles. The fourth-order valence-electron chi connectivity index (χ4n) is 2.34. The molecule has 1 atom stereocenters. The SMILES string of the molecule is O=S(=O)(N1CCOCC1)N1CCC(CCCl)C1. The van der Waals surface area contributed by atoms with Crippen molar-refractivity contribution in [2.75, 3.05) is 45.3 Å². The molecule has 100 valence electrons. The van der Waals surface area contributed by atoms with E-state index in [1.54, 1.807) is 4.31 Å². The Balaban J connectivity index is 1.96. The summed E-state index contributed by atoms with van der Waals surface area (Å²) in [6.07, 6.45) is 1.83. The summed E-state index contributed by atoms with van der Waals surface area (Å²) in [6.45, 7) is 3.18. The van der Waals surface area contributed by atoms with Crippen molar-refractivity contribution in [1.29, 1.82) is 0 Å². The summed E-state index contributed by atoms with van der Waals surface area (Å²) in [5.74, 6) is 1.03. The standard InChI is InChI=1S/C10H19ClN2O3S/c11-3-1-10-2-4-13(9-10)17(14,15)12-5-7-16-8-6-12/h10H,1-9H2. The Kier molecular flexibility index (Phi) is 4.65. The number of ether oxygens (including phenoxy) is 1. The molecule has 0 aromatic carbocycles. The predicted octanol–water partition coefficient (Wildman–Crippen LogP) is 0.514. The molecule has 0 radical (unpaired) electrons. The maximum atomic E-state index is 12.3. The van der Waals surface area contributed by atoms with Crippen molar-refractivity contribution >= 4 is 21.8 Å². The lowest BCUT2D eigenvalue weighted by Crippen LogP contribution is -2.47. The maximum absolute atomic E-state index is 12.3. The van der Waals surface area contributed by atoms with Gasteiger partial charge in [0.05, 0.1) is 13.2 Å². The van der Waals surface area contributed by atoms with Crippen LogP contribution >= 0.6 is 11.6 Å². The zero-order valence-electron chi connectivity index (χ0n) is 9.85. The number of hydrogen-bond acceptors (Lipinski definition) is 3. The Morgan fingerprint density at radius 2 is 1.88 bits per heavy atom. The quantitative estimate of drug-likeness (QED) is 0.706. The zero-order chi connectivity index (χ0) is 12.3. The van der Waals surface area contributed by atoms with Crippen LogP contribution in [0.2, 0.25) is 0 Å². The first-order chi connectivity index (χ1) is 8.14. The molecule has 17 heavy (non-hydrogen) atoms. The molecule has 2 aliphatic rings. The van der Waals surface area contributed by atoms with Crippen LogP contribution < -0.4 is 0 Å². The summed E-state index contributed by atoms with van der Waals surface area (Å²) in [5, 5.41) is 0. The topological polar surface area (TPSA) is 49.9 Å². The molecule has 2 rings (SSSR count). The molecule has 5 nitrogen and oxygen atoms in total. The average molecular weight is 283 g/mol. The lowest BCUT2D eigenvalue weighted by atomic mass is 10.1. The van der Waals surface area contributed by atoms with Gasteiger partial charge in [0.15, 0.2) is 0 Å². The van der Waals surface area contributed by atoms with E-state index in [1.807, 2.05) is 0 Å². The molecule has 0 saturated carbocycles. The molecule has 2 heterocycles. The van der Waals surface area contributed by atoms with E-state index in [-0.39, 0.29) is 0 Å². The van der Waals surface area contributed by atoms with Gasteiger partial charge in [-0.05, 0) is 18.8 Å². The molecular weight excluding hydrogens is 264 g/mol. The summed E-state index contributed by atoms with van der Waals surface area (Å²) in [5.41, 5.74) is 0. The van der Waals surface area contributed by atoms with E-state index in [0.717, 1.165) is 12.8 Å². The Bertz CT molecular complexity index is 343. The minimum atomic E-state index is -3.27. The van der Waals surface area contributed by atoms with Gasteiger partial charge in [-0.2, -0.15) is 17.0 Å². The van der Waals surface area contributed by atoms with Gasteiger partial charge in [-0.3, -0.25) is 0 Å². The van der Waals surface area contributed by atoms with Crippen LogP contribution in [0.5, 0.6) is 0 Å². The predicted molar refractivity (Wildman–Crippen MR) is 66.3 cm³/mol. The second-order valence-corrected chi connectivity index (χ2v) is 6.82. The van der Waals surface area contributed by atoms with Crippen LogP contribution in [0.3, 0.4) is 0 Å². The molecule has 0 aromatic rings. The van der Waals surface area contributed by atoms with E-state index >= 15 is 0 Å². The van der Waals surface area contributed by atoms with Crippen LogP contribution in [0.4, 0.5) is 0 Å². The molecule has 0 aliphatic carbocycles. The van der Waals surface area contributed by atoms with Gasteiger partial charge in [-0.15, -0.1) is 11.6 Å². The first kappa shape index (κ1) is 13.5. The third kappa shape index (κ3) is 3.12. The van der Waals surface area contributed by atoms with Gasteiger partial charge in [-0.1, -0.05) is 0 Å². The number of morpholine rings is 1. The zero-order valence-corrected chi connectivity index (χ0v) is 11.4. The summed E-state index contributed by atoms with van der Waals surface area (Å²) in [6, 6.07) is 0. The van der Waals surface area contributed by atoms with E-state index in [1.165, 1.54) is 4.31 Å². The van der Waals surface area contributed by atoms with Crippen LogP contribution in [0, 0.1) is 5.92 Å². The van der Waals surface area contributed by atoms with Gasteiger partial charge in [0.25, 0.3) is 10.2 Å². The third-order valence-electron chi connectivity index (χ3n) is 3.39. The molecule has 0 bridgehead atoms. The molecule has 0 amide bonds. The van der Waals surface area contributed by atoms with Crippen LogP contribution in [-0.4, -0.2) is 62.3 Å². The second-order valence-electron chi connectivity index (χ2n) is 4.51. The fraction of sp³-hybridized carbons (Fsp3) is 1.00. The summed E-state index contributed by atoms with van der Waals surface area (Å²) >= 11 is 5.70. The smallest absolute Gasteiger partial charge is 0.282 e. The Morgan fingerprint density at radius 3 is 2.53 bits per heavy atom. The molecule has 0 N–H and O–H groups in total. The van der Waals surface area contributed by atoms with Crippen molar-refractivity contribution in [3.63, 3.8) is 0 Å². The Morgan fingerprint density at radius 1 is 1.18 bits per heavy atom. The van der Waals surface area contributed by atoms with Crippen LogP contribution in [0.1, 0.15) is 12.8 Å². The fourth-order valence-corrected chi connectivity index (χ4v) is 4.32. The van der Waals surface area contributed by atoms with Crippen LogP contribution in [0.15, 0.2) is 0 Å². The minimum Gasteiger partial charge on any atom is -0.379 e. The molecule has 1 unspecified atom stereocenters. The lowest BCUT2D eigenvalue weighted by Gasteiger charge is -2.30. The second kappa shape index (κ2) is 5.84. The molecule has 0 spiro atoms.